The van der Waals surface area contributed by atoms with Crippen LogP contribution < -0.4 is 5.32 Å². The van der Waals surface area contributed by atoms with Crippen LogP contribution in [0.25, 0.3) is 0 Å². The highest BCUT2D eigenvalue weighted by Gasteiger charge is 2.28. The molecule has 2 aliphatic heterocycles. The van der Waals surface area contributed by atoms with Crippen LogP contribution in [-0.2, 0) is 27.9 Å². The smallest absolute Gasteiger partial charge is 0.223 e. The Morgan fingerprint density at radius 1 is 1.04 bits per heavy atom. The van der Waals surface area contributed by atoms with Crippen molar-refractivity contribution in [2.75, 3.05) is 32.4 Å². The molecule has 0 bridgehead atoms. The van der Waals surface area contributed by atoms with Gasteiger partial charge in [0.15, 0.2) is 0 Å². The van der Waals surface area contributed by atoms with Gasteiger partial charge in [-0.3, -0.25) is 9.69 Å². The lowest BCUT2D eigenvalue weighted by Crippen LogP contribution is -2.42. The molecular weight excluding hydrogens is 374 g/mol. The number of likely N-dealkylation sites (tertiary alicyclic amines) is 1. The van der Waals surface area contributed by atoms with Gasteiger partial charge < -0.3 is 5.32 Å². The van der Waals surface area contributed by atoms with Crippen molar-refractivity contribution in [1.29, 1.82) is 0 Å². The number of hydrogen-bond donors (Lipinski definition) is 1. The van der Waals surface area contributed by atoms with Crippen LogP contribution >= 0.6 is 0 Å². The van der Waals surface area contributed by atoms with Crippen molar-refractivity contribution in [2.45, 2.75) is 45.7 Å². The molecule has 2 saturated heterocycles. The molecule has 2 heterocycles. The first-order chi connectivity index (χ1) is 13.3. The summed E-state index contributed by atoms with van der Waals surface area (Å²) in [7, 11) is -3.16. The Labute approximate surface area is 169 Å². The maximum atomic E-state index is 12.6. The van der Waals surface area contributed by atoms with Gasteiger partial charge >= 0.3 is 0 Å². The molecule has 0 radical (unpaired) electrons. The summed E-state index contributed by atoms with van der Waals surface area (Å²) in [5.41, 5.74) is 2.45. The molecule has 0 aromatic heterocycles. The van der Waals surface area contributed by atoms with E-state index in [1.165, 1.54) is 34.5 Å². The van der Waals surface area contributed by atoms with Gasteiger partial charge in [0, 0.05) is 32.1 Å². The molecule has 7 heteroatoms. The van der Waals surface area contributed by atoms with E-state index in [9.17, 15) is 13.2 Å². The van der Waals surface area contributed by atoms with Gasteiger partial charge in [-0.05, 0) is 55.8 Å². The average molecular weight is 408 g/mol. The van der Waals surface area contributed by atoms with Crippen molar-refractivity contribution in [3.63, 3.8) is 0 Å². The normalized spacial score (nSPS) is 20.9. The Morgan fingerprint density at radius 3 is 2.25 bits per heavy atom. The topological polar surface area (TPSA) is 69.7 Å². The van der Waals surface area contributed by atoms with Crippen molar-refractivity contribution in [1.82, 2.24) is 14.5 Å². The monoisotopic (exact) mass is 407 g/mol. The molecule has 1 amide bonds. The fourth-order valence-electron chi connectivity index (χ4n) is 4.12. The molecule has 0 aliphatic carbocycles. The number of amides is 1. The zero-order valence-corrected chi connectivity index (χ0v) is 17.9. The molecule has 1 aromatic rings. The Hall–Kier alpha value is -1.44. The zero-order chi connectivity index (χ0) is 20.1. The van der Waals surface area contributed by atoms with E-state index in [0.717, 1.165) is 25.6 Å². The second-order valence-corrected chi connectivity index (χ2v) is 10.4. The number of carbonyl (C=O) groups is 1. The third kappa shape index (κ3) is 5.78. The highest BCUT2D eigenvalue weighted by atomic mass is 32.2. The molecule has 156 valence electrons. The largest absolute Gasteiger partial charge is 0.352 e. The first kappa shape index (κ1) is 21.3. The highest BCUT2D eigenvalue weighted by molar-refractivity contribution is 7.88. The van der Waals surface area contributed by atoms with Gasteiger partial charge in [-0.25, -0.2) is 12.7 Å². The molecule has 1 N–H and O–H groups in total. The minimum absolute atomic E-state index is 0.0368. The number of rotatable bonds is 6. The van der Waals surface area contributed by atoms with E-state index in [2.05, 4.69) is 35.3 Å². The molecular formula is C21H33N3O3S. The fourth-order valence-corrected chi connectivity index (χ4v) is 5.00. The number of piperidine rings is 2. The minimum Gasteiger partial charge on any atom is -0.352 e. The van der Waals surface area contributed by atoms with E-state index >= 15 is 0 Å². The van der Waals surface area contributed by atoms with Crippen LogP contribution in [0.1, 0.15) is 43.7 Å². The lowest BCUT2D eigenvalue weighted by molar-refractivity contribution is -0.126. The number of carbonyl (C=O) groups excluding carboxylic acids is 1. The molecule has 2 aliphatic rings. The van der Waals surface area contributed by atoms with Crippen LogP contribution in [0.2, 0.25) is 0 Å². The standard InChI is InChI=1S/C21H33N3O3S/c1-17-7-11-23(12-8-17)16-20-6-4-3-5-19(20)15-22-21(25)18-9-13-24(14-10-18)28(2,26)27/h3-6,17-18H,7-16H2,1-2H3,(H,22,25). The number of nitrogens with zero attached hydrogens (tertiary/aromatic N) is 2. The fraction of sp³-hybridized carbons (Fsp3) is 0.667. The summed E-state index contributed by atoms with van der Waals surface area (Å²) < 4.78 is 24.7. The Bertz CT molecular complexity index is 765. The van der Waals surface area contributed by atoms with Gasteiger partial charge in [0.2, 0.25) is 15.9 Å². The SMILES string of the molecule is CC1CCN(Cc2ccccc2CNC(=O)C2CCN(S(C)(=O)=O)CC2)CC1. The van der Waals surface area contributed by atoms with E-state index in [1.54, 1.807) is 0 Å². The Balaban J connectivity index is 1.51. The van der Waals surface area contributed by atoms with Gasteiger partial charge in [0.25, 0.3) is 0 Å². The molecule has 0 unspecified atom stereocenters. The summed E-state index contributed by atoms with van der Waals surface area (Å²) in [4.78, 5) is 15.1. The summed E-state index contributed by atoms with van der Waals surface area (Å²) in [6.07, 6.45) is 4.92. The predicted molar refractivity (Wildman–Crippen MR) is 111 cm³/mol. The number of sulfonamides is 1. The number of nitrogens with one attached hydrogen (secondary N) is 1. The van der Waals surface area contributed by atoms with Gasteiger partial charge in [-0.1, -0.05) is 31.2 Å². The highest BCUT2D eigenvalue weighted by Crippen LogP contribution is 2.21. The summed E-state index contributed by atoms with van der Waals surface area (Å²) in [5, 5.41) is 3.08. The van der Waals surface area contributed by atoms with Gasteiger partial charge in [0.1, 0.15) is 0 Å². The molecule has 2 fully saturated rings. The van der Waals surface area contributed by atoms with E-state index in [-0.39, 0.29) is 11.8 Å². The molecule has 0 atom stereocenters. The molecule has 0 saturated carbocycles. The van der Waals surface area contributed by atoms with Crippen LogP contribution in [0.4, 0.5) is 0 Å². The van der Waals surface area contributed by atoms with E-state index in [0.29, 0.717) is 32.5 Å². The molecule has 6 nitrogen and oxygen atoms in total. The van der Waals surface area contributed by atoms with E-state index in [4.69, 9.17) is 0 Å². The van der Waals surface area contributed by atoms with E-state index < -0.39 is 10.0 Å². The van der Waals surface area contributed by atoms with Gasteiger partial charge in [-0.15, -0.1) is 0 Å². The Kier molecular flexibility index (Phi) is 7.12. The first-order valence-electron chi connectivity index (χ1n) is 10.3. The second-order valence-electron chi connectivity index (χ2n) is 8.38. The van der Waals surface area contributed by atoms with Crippen LogP contribution in [-0.4, -0.2) is 56.0 Å². The minimum atomic E-state index is -3.16. The summed E-state index contributed by atoms with van der Waals surface area (Å²) in [6, 6.07) is 8.33. The number of hydrogen-bond acceptors (Lipinski definition) is 4. The first-order valence-corrected chi connectivity index (χ1v) is 12.2. The quantitative estimate of drug-likeness (QED) is 0.785. The van der Waals surface area contributed by atoms with Crippen molar-refractivity contribution < 1.29 is 13.2 Å². The predicted octanol–water partition coefficient (Wildman–Crippen LogP) is 2.21. The van der Waals surface area contributed by atoms with Crippen LogP contribution in [0.5, 0.6) is 0 Å². The third-order valence-electron chi connectivity index (χ3n) is 6.14. The zero-order valence-electron chi connectivity index (χ0n) is 17.1. The summed E-state index contributed by atoms with van der Waals surface area (Å²) in [6.45, 7) is 6.93. The number of benzene rings is 1. The van der Waals surface area contributed by atoms with Gasteiger partial charge in [-0.2, -0.15) is 0 Å². The van der Waals surface area contributed by atoms with E-state index in [1.807, 2.05) is 6.07 Å². The lowest BCUT2D eigenvalue weighted by atomic mass is 9.96. The van der Waals surface area contributed by atoms with Crippen LogP contribution in [0, 0.1) is 11.8 Å². The maximum absolute atomic E-state index is 12.6. The van der Waals surface area contributed by atoms with Crippen molar-refractivity contribution in [3.8, 4) is 0 Å². The van der Waals surface area contributed by atoms with Crippen molar-refractivity contribution in [3.05, 3.63) is 35.4 Å². The summed E-state index contributed by atoms with van der Waals surface area (Å²) in [5.74, 6) is 0.753. The van der Waals surface area contributed by atoms with Crippen LogP contribution in [0.3, 0.4) is 0 Å². The molecule has 1 aromatic carbocycles. The van der Waals surface area contributed by atoms with Crippen molar-refractivity contribution in [2.24, 2.45) is 11.8 Å². The van der Waals surface area contributed by atoms with Crippen molar-refractivity contribution >= 4 is 15.9 Å². The second kappa shape index (κ2) is 9.37. The van der Waals surface area contributed by atoms with Crippen LogP contribution in [0.15, 0.2) is 24.3 Å². The van der Waals surface area contributed by atoms with Gasteiger partial charge in [0.05, 0.1) is 6.26 Å². The molecule has 28 heavy (non-hydrogen) atoms. The molecule has 0 spiro atoms. The average Bonchev–Trinajstić information content (AvgIpc) is 2.68. The lowest BCUT2D eigenvalue weighted by Gasteiger charge is -2.31. The maximum Gasteiger partial charge on any atom is 0.223 e. The third-order valence-corrected chi connectivity index (χ3v) is 7.44. The summed E-state index contributed by atoms with van der Waals surface area (Å²) >= 11 is 0. The molecule has 3 rings (SSSR count). The Morgan fingerprint density at radius 2 is 1.64 bits per heavy atom.